The molecule has 1 fully saturated rings. The summed E-state index contributed by atoms with van der Waals surface area (Å²) in [5.74, 6) is -0.157. The smallest absolute Gasteiger partial charge is 0.271 e. The second kappa shape index (κ2) is 7.67. The summed E-state index contributed by atoms with van der Waals surface area (Å²) in [5.41, 5.74) is -0.0254. The lowest BCUT2D eigenvalue weighted by atomic mass is 9.93. The predicted octanol–water partition coefficient (Wildman–Crippen LogP) is 3.48. The number of methoxy groups -OCH3 is 1. The molecule has 1 aliphatic rings. The number of ether oxygens (including phenoxy) is 1. The molecule has 27 heavy (non-hydrogen) atoms. The molecular formula is C21H22N2O4. The van der Waals surface area contributed by atoms with Crippen molar-refractivity contribution in [2.45, 2.75) is 45.1 Å². The Labute approximate surface area is 157 Å². The van der Waals surface area contributed by atoms with Gasteiger partial charge in [-0.1, -0.05) is 19.3 Å². The van der Waals surface area contributed by atoms with Gasteiger partial charge in [0.25, 0.3) is 5.56 Å². The van der Waals surface area contributed by atoms with Gasteiger partial charge >= 0.3 is 0 Å². The van der Waals surface area contributed by atoms with Gasteiger partial charge in [0.05, 0.1) is 12.7 Å². The van der Waals surface area contributed by atoms with Crippen LogP contribution in [0.3, 0.4) is 0 Å². The Kier molecular flexibility index (Phi) is 5.31. The molecule has 3 rings (SSSR count). The Morgan fingerprint density at radius 1 is 1.22 bits per heavy atom. The second-order valence-electron chi connectivity index (χ2n) is 6.84. The molecule has 0 bridgehead atoms. The number of carbonyl (C=O) groups excluding carboxylic acids is 1. The Bertz CT molecular complexity index is 962. The average Bonchev–Trinajstić information content (AvgIpc) is 2.69. The topological polar surface area (TPSA) is 92.3 Å². The molecule has 2 aromatic rings. The maximum atomic E-state index is 13.1. The fourth-order valence-corrected chi connectivity index (χ4v) is 3.76. The minimum Gasteiger partial charge on any atom is -0.497 e. The zero-order valence-corrected chi connectivity index (χ0v) is 15.5. The molecule has 6 heteroatoms. The number of carbonyl (C=O) groups is 1. The molecule has 1 N–H and O–H groups in total. The molecule has 6 nitrogen and oxygen atoms in total. The van der Waals surface area contributed by atoms with Gasteiger partial charge in [0.1, 0.15) is 17.4 Å². The third kappa shape index (κ3) is 3.33. The van der Waals surface area contributed by atoms with E-state index in [0.29, 0.717) is 11.3 Å². The van der Waals surface area contributed by atoms with Gasteiger partial charge in [-0.2, -0.15) is 5.26 Å². The van der Waals surface area contributed by atoms with Crippen LogP contribution in [0.2, 0.25) is 0 Å². The van der Waals surface area contributed by atoms with E-state index in [2.05, 4.69) is 0 Å². The fourth-order valence-electron chi connectivity index (χ4n) is 3.76. The molecule has 0 spiro atoms. The summed E-state index contributed by atoms with van der Waals surface area (Å²) in [5, 5.41) is 20.3. The van der Waals surface area contributed by atoms with Crippen molar-refractivity contribution < 1.29 is 14.6 Å². The summed E-state index contributed by atoms with van der Waals surface area (Å²) in [6.07, 6.45) is 4.48. The van der Waals surface area contributed by atoms with Crippen LogP contribution in [0.5, 0.6) is 11.6 Å². The first-order chi connectivity index (χ1) is 13.0. The minimum atomic E-state index is -0.523. The third-order valence-corrected chi connectivity index (χ3v) is 5.27. The van der Waals surface area contributed by atoms with Crippen LogP contribution in [-0.2, 0) is 0 Å². The van der Waals surface area contributed by atoms with E-state index in [9.17, 15) is 20.0 Å². The van der Waals surface area contributed by atoms with Crippen LogP contribution >= 0.6 is 0 Å². The molecule has 0 aliphatic heterocycles. The molecule has 0 amide bonds. The fraction of sp³-hybridized carbons (Fsp3) is 0.381. The quantitative estimate of drug-likeness (QED) is 0.836. The molecule has 1 heterocycles. The highest BCUT2D eigenvalue weighted by atomic mass is 16.5. The molecule has 0 saturated heterocycles. The molecule has 0 atom stereocenters. The van der Waals surface area contributed by atoms with E-state index in [4.69, 9.17) is 4.74 Å². The SMILES string of the molecule is COc1ccc(C(=O)c2c(C)c(C#N)c(=O)n(C3CCCCC3)c2O)cc1. The minimum absolute atomic E-state index is 0.0156. The molecule has 1 saturated carbocycles. The van der Waals surface area contributed by atoms with E-state index in [1.807, 2.05) is 6.07 Å². The standard InChI is InChI=1S/C21H22N2O4/c1-13-17(12-22)20(25)23(15-6-4-3-5-7-15)21(26)18(13)19(24)14-8-10-16(27-2)11-9-14/h8-11,15,26H,3-7H2,1-2H3. The summed E-state index contributed by atoms with van der Waals surface area (Å²) >= 11 is 0. The third-order valence-electron chi connectivity index (χ3n) is 5.27. The van der Waals surface area contributed by atoms with Crippen molar-refractivity contribution in [1.29, 1.82) is 5.26 Å². The van der Waals surface area contributed by atoms with E-state index in [1.54, 1.807) is 24.3 Å². The van der Waals surface area contributed by atoms with E-state index in [-0.39, 0.29) is 28.6 Å². The number of hydrogen-bond acceptors (Lipinski definition) is 5. The lowest BCUT2D eigenvalue weighted by molar-refractivity contribution is 0.103. The summed E-state index contributed by atoms with van der Waals surface area (Å²) < 4.78 is 6.36. The number of nitriles is 1. The maximum Gasteiger partial charge on any atom is 0.271 e. The first kappa shape index (κ1) is 18.7. The highest BCUT2D eigenvalue weighted by Crippen LogP contribution is 2.33. The number of rotatable bonds is 4. The lowest BCUT2D eigenvalue weighted by Gasteiger charge is -2.26. The van der Waals surface area contributed by atoms with Crippen LogP contribution in [0.1, 0.15) is 65.2 Å². The number of nitrogens with zero attached hydrogens (tertiary/aromatic N) is 2. The van der Waals surface area contributed by atoms with Gasteiger partial charge in [0.15, 0.2) is 5.78 Å². The maximum absolute atomic E-state index is 13.1. The Morgan fingerprint density at radius 2 is 1.85 bits per heavy atom. The summed E-state index contributed by atoms with van der Waals surface area (Å²) in [6.45, 7) is 1.53. The van der Waals surface area contributed by atoms with Crippen molar-refractivity contribution in [3.8, 4) is 17.7 Å². The van der Waals surface area contributed by atoms with Crippen LogP contribution in [-0.4, -0.2) is 22.6 Å². The van der Waals surface area contributed by atoms with E-state index < -0.39 is 11.3 Å². The van der Waals surface area contributed by atoms with Crippen molar-refractivity contribution >= 4 is 5.78 Å². The Hall–Kier alpha value is -3.07. The second-order valence-corrected chi connectivity index (χ2v) is 6.84. The Balaban J connectivity index is 2.17. The van der Waals surface area contributed by atoms with Crippen LogP contribution in [0.4, 0.5) is 0 Å². The van der Waals surface area contributed by atoms with Crippen LogP contribution < -0.4 is 10.3 Å². The first-order valence-electron chi connectivity index (χ1n) is 9.06. The predicted molar refractivity (Wildman–Crippen MR) is 100 cm³/mol. The van der Waals surface area contributed by atoms with Gasteiger partial charge in [-0.3, -0.25) is 14.2 Å². The van der Waals surface area contributed by atoms with Crippen LogP contribution in [0.25, 0.3) is 0 Å². The van der Waals surface area contributed by atoms with Gasteiger partial charge in [-0.05, 0) is 49.6 Å². The van der Waals surface area contributed by atoms with Gasteiger partial charge < -0.3 is 9.84 Å². The Morgan fingerprint density at radius 3 is 2.41 bits per heavy atom. The number of hydrogen-bond donors (Lipinski definition) is 1. The largest absolute Gasteiger partial charge is 0.497 e. The van der Waals surface area contributed by atoms with Crippen LogP contribution in [0.15, 0.2) is 29.1 Å². The zero-order valence-electron chi connectivity index (χ0n) is 15.5. The van der Waals surface area contributed by atoms with Gasteiger partial charge in [-0.15, -0.1) is 0 Å². The normalized spacial score (nSPS) is 14.6. The molecular weight excluding hydrogens is 344 g/mol. The number of aromatic hydroxyl groups is 1. The molecule has 1 aromatic carbocycles. The highest BCUT2D eigenvalue weighted by molar-refractivity contribution is 6.11. The summed E-state index contributed by atoms with van der Waals surface area (Å²) in [4.78, 5) is 25.9. The highest BCUT2D eigenvalue weighted by Gasteiger charge is 2.28. The molecule has 1 aromatic heterocycles. The van der Waals surface area contributed by atoms with E-state index in [0.717, 1.165) is 32.1 Å². The van der Waals surface area contributed by atoms with Gasteiger partial charge in [-0.25, -0.2) is 0 Å². The van der Waals surface area contributed by atoms with Crippen molar-refractivity contribution in [2.24, 2.45) is 0 Å². The summed E-state index contributed by atoms with van der Waals surface area (Å²) in [7, 11) is 1.53. The lowest BCUT2D eigenvalue weighted by Crippen LogP contribution is -2.31. The average molecular weight is 366 g/mol. The number of aromatic nitrogens is 1. The van der Waals surface area contributed by atoms with Crippen molar-refractivity contribution in [1.82, 2.24) is 4.57 Å². The molecule has 0 radical (unpaired) electrons. The summed E-state index contributed by atoms with van der Waals surface area (Å²) in [6, 6.07) is 8.23. The van der Waals surface area contributed by atoms with E-state index >= 15 is 0 Å². The monoisotopic (exact) mass is 366 g/mol. The van der Waals surface area contributed by atoms with Gasteiger partial charge in [0.2, 0.25) is 5.88 Å². The first-order valence-corrected chi connectivity index (χ1v) is 9.06. The van der Waals surface area contributed by atoms with Crippen molar-refractivity contribution in [3.63, 3.8) is 0 Å². The number of ketones is 1. The van der Waals surface area contributed by atoms with E-state index in [1.165, 1.54) is 18.6 Å². The number of benzene rings is 1. The molecule has 1 aliphatic carbocycles. The molecule has 140 valence electrons. The zero-order chi connectivity index (χ0) is 19.6. The van der Waals surface area contributed by atoms with Crippen LogP contribution in [0, 0.1) is 18.3 Å². The van der Waals surface area contributed by atoms with Crippen molar-refractivity contribution in [3.05, 3.63) is 56.9 Å². The van der Waals surface area contributed by atoms with Crippen molar-refractivity contribution in [2.75, 3.05) is 7.11 Å². The number of pyridine rings is 1. The molecule has 0 unspecified atom stereocenters. The van der Waals surface area contributed by atoms with Gasteiger partial charge in [0, 0.05) is 11.6 Å².